The molecule has 8 heteroatoms. The van der Waals surface area contributed by atoms with Crippen LogP contribution in [-0.4, -0.2) is 25.7 Å². The van der Waals surface area contributed by atoms with Crippen LogP contribution in [0.25, 0.3) is 5.52 Å². The first kappa shape index (κ1) is 14.7. The summed E-state index contributed by atoms with van der Waals surface area (Å²) in [5.41, 5.74) is 0.910. The highest BCUT2D eigenvalue weighted by Crippen LogP contribution is 2.34. The lowest BCUT2D eigenvalue weighted by atomic mass is 10.1. The Morgan fingerprint density at radius 1 is 1.38 bits per heavy atom. The lowest BCUT2D eigenvalue weighted by Gasteiger charge is -2.01. The lowest BCUT2D eigenvalue weighted by molar-refractivity contribution is 0.0944. The average Bonchev–Trinajstić information content (AvgIpc) is 3.31. The van der Waals surface area contributed by atoms with Crippen LogP contribution in [0.1, 0.15) is 53.5 Å². The second kappa shape index (κ2) is 5.95. The van der Waals surface area contributed by atoms with Gasteiger partial charge in [0.1, 0.15) is 17.0 Å². The minimum atomic E-state index is -0.358. The molecule has 1 amide bonds. The van der Waals surface area contributed by atoms with Gasteiger partial charge in [0.25, 0.3) is 11.5 Å². The Morgan fingerprint density at radius 2 is 2.21 bits per heavy atom. The van der Waals surface area contributed by atoms with E-state index < -0.39 is 0 Å². The van der Waals surface area contributed by atoms with Gasteiger partial charge in [-0.3, -0.25) is 9.59 Å². The molecule has 1 saturated carbocycles. The third-order valence-electron chi connectivity index (χ3n) is 4.40. The van der Waals surface area contributed by atoms with Crippen molar-refractivity contribution in [3.8, 4) is 0 Å². The van der Waals surface area contributed by atoms with E-state index in [2.05, 4.69) is 20.6 Å². The van der Waals surface area contributed by atoms with E-state index in [4.69, 9.17) is 4.52 Å². The molecule has 0 bridgehead atoms. The molecule has 0 aliphatic heterocycles. The molecular weight excluding hydrogens is 310 g/mol. The van der Waals surface area contributed by atoms with E-state index >= 15 is 0 Å². The summed E-state index contributed by atoms with van der Waals surface area (Å²) in [7, 11) is 0. The summed E-state index contributed by atoms with van der Waals surface area (Å²) in [4.78, 5) is 26.4. The smallest absolute Gasteiger partial charge is 0.273 e. The van der Waals surface area contributed by atoms with Crippen LogP contribution < -0.4 is 10.9 Å². The zero-order valence-corrected chi connectivity index (χ0v) is 13.0. The van der Waals surface area contributed by atoms with E-state index in [0.717, 1.165) is 18.6 Å². The molecule has 4 rings (SSSR count). The number of aromatic nitrogens is 4. The molecule has 2 N–H and O–H groups in total. The minimum Gasteiger partial charge on any atom is -0.361 e. The number of H-pyrrole nitrogens is 1. The Labute approximate surface area is 136 Å². The maximum Gasteiger partial charge on any atom is 0.273 e. The molecule has 24 heavy (non-hydrogen) atoms. The number of amides is 1. The van der Waals surface area contributed by atoms with Gasteiger partial charge < -0.3 is 14.8 Å². The fourth-order valence-electron chi connectivity index (χ4n) is 3.12. The molecule has 0 aromatic carbocycles. The molecular formula is C16H17N5O3. The van der Waals surface area contributed by atoms with E-state index in [1.165, 1.54) is 29.6 Å². The highest BCUT2D eigenvalue weighted by atomic mass is 16.5. The van der Waals surface area contributed by atoms with Crippen LogP contribution in [-0.2, 0) is 6.54 Å². The van der Waals surface area contributed by atoms with Gasteiger partial charge in [-0.25, -0.2) is 4.52 Å². The molecule has 0 radical (unpaired) electrons. The Bertz CT molecular complexity index is 932. The first-order valence-corrected chi connectivity index (χ1v) is 8.01. The Balaban J connectivity index is 1.44. The number of hydrogen-bond acceptors (Lipinski definition) is 5. The first-order chi connectivity index (χ1) is 11.7. The molecule has 124 valence electrons. The predicted molar refractivity (Wildman–Crippen MR) is 84.7 cm³/mol. The molecule has 1 aliphatic carbocycles. The summed E-state index contributed by atoms with van der Waals surface area (Å²) in [6.45, 7) is 0.263. The maximum absolute atomic E-state index is 12.2. The molecule has 3 aromatic heterocycles. The van der Waals surface area contributed by atoms with Gasteiger partial charge in [-0.15, -0.1) is 0 Å². The van der Waals surface area contributed by atoms with Gasteiger partial charge in [0, 0.05) is 30.4 Å². The molecule has 0 atom stereocenters. The third-order valence-corrected chi connectivity index (χ3v) is 4.40. The normalized spacial score (nSPS) is 15.2. The van der Waals surface area contributed by atoms with Gasteiger partial charge in [-0.1, -0.05) is 18.0 Å². The van der Waals surface area contributed by atoms with Crippen LogP contribution in [0.4, 0.5) is 0 Å². The van der Waals surface area contributed by atoms with E-state index in [1.807, 2.05) is 6.07 Å². The molecule has 0 saturated heterocycles. The number of aromatic amines is 1. The monoisotopic (exact) mass is 327 g/mol. The summed E-state index contributed by atoms with van der Waals surface area (Å²) in [6.07, 6.45) is 7.78. The van der Waals surface area contributed by atoms with E-state index in [1.54, 1.807) is 6.20 Å². The minimum absolute atomic E-state index is 0.186. The van der Waals surface area contributed by atoms with Gasteiger partial charge in [0.05, 0.1) is 6.54 Å². The highest BCUT2D eigenvalue weighted by molar-refractivity contribution is 5.93. The zero-order chi connectivity index (χ0) is 16.5. The van der Waals surface area contributed by atoms with Crippen molar-refractivity contribution < 1.29 is 9.32 Å². The molecule has 3 aromatic rings. The lowest BCUT2D eigenvalue weighted by Crippen LogP contribution is -2.23. The van der Waals surface area contributed by atoms with Crippen LogP contribution in [0.2, 0.25) is 0 Å². The molecule has 1 fully saturated rings. The van der Waals surface area contributed by atoms with Crippen molar-refractivity contribution in [3.63, 3.8) is 0 Å². The number of fused-ring (bicyclic) bond motifs is 1. The topological polar surface area (TPSA) is 105 Å². The summed E-state index contributed by atoms with van der Waals surface area (Å²) in [5.74, 6) is 0.992. The van der Waals surface area contributed by atoms with Gasteiger partial charge in [0.2, 0.25) is 0 Å². The number of nitrogens with one attached hydrogen (secondary N) is 2. The van der Waals surface area contributed by atoms with Crippen molar-refractivity contribution in [2.45, 2.75) is 38.1 Å². The molecule has 3 heterocycles. The summed E-state index contributed by atoms with van der Waals surface area (Å²) in [5, 5.41) is 10.9. The summed E-state index contributed by atoms with van der Waals surface area (Å²) >= 11 is 0. The predicted octanol–water partition coefficient (Wildman–Crippen LogP) is 1.60. The number of rotatable bonds is 4. The van der Waals surface area contributed by atoms with Crippen molar-refractivity contribution in [2.24, 2.45) is 0 Å². The van der Waals surface area contributed by atoms with Gasteiger partial charge >= 0.3 is 0 Å². The van der Waals surface area contributed by atoms with Gasteiger partial charge in [0.15, 0.2) is 5.69 Å². The second-order valence-electron chi connectivity index (χ2n) is 6.03. The van der Waals surface area contributed by atoms with Crippen molar-refractivity contribution in [2.75, 3.05) is 0 Å². The van der Waals surface area contributed by atoms with Crippen LogP contribution in [0.15, 0.2) is 33.8 Å². The molecule has 8 nitrogen and oxygen atoms in total. The highest BCUT2D eigenvalue weighted by Gasteiger charge is 2.21. The van der Waals surface area contributed by atoms with Crippen molar-refractivity contribution in [1.29, 1.82) is 0 Å². The number of carbonyl (C=O) groups is 1. The zero-order valence-electron chi connectivity index (χ0n) is 13.0. The average molecular weight is 327 g/mol. The standard InChI is InChI=1S/C16H17N5O3/c22-15(12-8-13-16(23)17-5-6-21(13)19-12)18-9-11-7-14(24-20-11)10-3-1-2-4-10/h5-8,10H,1-4,9H2,(H,17,23)(H,18,22). The van der Waals surface area contributed by atoms with E-state index in [9.17, 15) is 9.59 Å². The molecule has 1 aliphatic rings. The van der Waals surface area contributed by atoms with Crippen molar-refractivity contribution in [3.05, 3.63) is 52.0 Å². The summed E-state index contributed by atoms with van der Waals surface area (Å²) < 4.78 is 6.76. The van der Waals surface area contributed by atoms with E-state index in [-0.39, 0.29) is 23.7 Å². The van der Waals surface area contributed by atoms with Crippen LogP contribution in [0, 0.1) is 0 Å². The largest absolute Gasteiger partial charge is 0.361 e. The SMILES string of the molecule is O=C(NCc1cc(C2CCCC2)on1)c1cc2c(=O)[nH]ccn2n1. The quantitative estimate of drug-likeness (QED) is 0.757. The third kappa shape index (κ3) is 2.70. The fourth-order valence-corrected chi connectivity index (χ4v) is 3.12. The summed E-state index contributed by atoms with van der Waals surface area (Å²) in [6, 6.07) is 3.37. The van der Waals surface area contributed by atoms with Crippen molar-refractivity contribution >= 4 is 11.4 Å². The Morgan fingerprint density at radius 3 is 3.00 bits per heavy atom. The Kier molecular flexibility index (Phi) is 3.64. The Hall–Kier alpha value is -2.90. The van der Waals surface area contributed by atoms with Crippen molar-refractivity contribution in [1.82, 2.24) is 25.1 Å². The molecule has 0 unspecified atom stereocenters. The maximum atomic E-state index is 12.2. The van der Waals surface area contributed by atoms with Gasteiger partial charge in [-0.05, 0) is 12.8 Å². The van der Waals surface area contributed by atoms with Crippen LogP contribution in [0.5, 0.6) is 0 Å². The van der Waals surface area contributed by atoms with Crippen LogP contribution >= 0.6 is 0 Å². The number of hydrogen-bond donors (Lipinski definition) is 2. The number of nitrogens with zero attached hydrogens (tertiary/aromatic N) is 3. The molecule has 0 spiro atoms. The second-order valence-corrected chi connectivity index (χ2v) is 6.03. The fraction of sp³-hybridized carbons (Fsp3) is 0.375. The first-order valence-electron chi connectivity index (χ1n) is 8.01. The number of carbonyl (C=O) groups excluding carboxylic acids is 1. The van der Waals surface area contributed by atoms with Crippen LogP contribution in [0.3, 0.4) is 0 Å². The van der Waals surface area contributed by atoms with Gasteiger partial charge in [-0.2, -0.15) is 5.10 Å². The van der Waals surface area contributed by atoms with E-state index in [0.29, 0.717) is 17.1 Å².